The Morgan fingerprint density at radius 2 is 1.80 bits per heavy atom. The van der Waals surface area contributed by atoms with E-state index in [1.165, 1.54) is 15.9 Å². The molecule has 0 aliphatic carbocycles. The molecule has 2 amide bonds. The predicted molar refractivity (Wildman–Crippen MR) is 131 cm³/mol. The monoisotopic (exact) mass is 502 g/mol. The van der Waals surface area contributed by atoms with E-state index in [2.05, 4.69) is 4.98 Å². The van der Waals surface area contributed by atoms with Crippen LogP contribution in [0.5, 0.6) is 11.5 Å². The van der Waals surface area contributed by atoms with Crippen LogP contribution in [0.3, 0.4) is 0 Å². The molecule has 188 valence electrons. The molecule has 11 heteroatoms. The van der Waals surface area contributed by atoms with Crippen molar-refractivity contribution in [3.05, 3.63) is 27.3 Å². The third-order valence-corrected chi connectivity index (χ3v) is 8.15. The number of fused-ring (bicyclic) bond motifs is 2. The van der Waals surface area contributed by atoms with E-state index in [1.807, 2.05) is 4.90 Å². The van der Waals surface area contributed by atoms with Crippen LogP contribution in [0.2, 0.25) is 0 Å². The summed E-state index contributed by atoms with van der Waals surface area (Å²) < 4.78 is 12.6. The molecule has 1 aromatic heterocycles. The van der Waals surface area contributed by atoms with Gasteiger partial charge in [0.25, 0.3) is 11.5 Å². The number of piperidine rings is 2. The van der Waals surface area contributed by atoms with Crippen LogP contribution >= 0.6 is 12.2 Å². The number of nitrogens with zero attached hydrogens (tertiary/aromatic N) is 2. The molecule has 2 fully saturated rings. The average molecular weight is 503 g/mol. The standard InChI is InChI=1S/C24H31N5O5S/c25-22(32)24(28-8-2-1-3-9-28)6-11-27(12-7-24)20(30)5-4-10-29-21(31)16-13-18-19(34-15-33-18)14-17(16)26-23(29)35/h13-14H,1-12,15H2,(H2,25,32)(H,26,35)/p+1. The largest absolute Gasteiger partial charge is 0.454 e. The predicted octanol–water partition coefficient (Wildman–Crippen LogP) is 0.483. The molecule has 5 rings (SSSR count). The number of aromatic amines is 1. The number of rotatable bonds is 6. The number of H-pyrrole nitrogens is 1. The summed E-state index contributed by atoms with van der Waals surface area (Å²) >= 11 is 5.40. The van der Waals surface area contributed by atoms with E-state index in [4.69, 9.17) is 27.4 Å². The van der Waals surface area contributed by atoms with Gasteiger partial charge < -0.3 is 30.0 Å². The first kappa shape index (κ1) is 23.8. The fraction of sp³-hybridized carbons (Fsp3) is 0.583. The number of aromatic nitrogens is 2. The minimum absolute atomic E-state index is 0.0313. The highest BCUT2D eigenvalue weighted by atomic mass is 32.1. The van der Waals surface area contributed by atoms with E-state index in [-0.39, 0.29) is 24.2 Å². The number of nitrogens with one attached hydrogen (secondary N) is 2. The summed E-state index contributed by atoms with van der Waals surface area (Å²) in [7, 11) is 0. The van der Waals surface area contributed by atoms with Gasteiger partial charge in [-0.15, -0.1) is 0 Å². The quantitative estimate of drug-likeness (QED) is 0.494. The molecule has 2 saturated heterocycles. The number of amides is 2. The number of nitrogens with two attached hydrogens (primary N) is 1. The van der Waals surface area contributed by atoms with Gasteiger partial charge in [0, 0.05) is 45.0 Å². The van der Waals surface area contributed by atoms with Gasteiger partial charge in [0.05, 0.1) is 24.0 Å². The van der Waals surface area contributed by atoms with Gasteiger partial charge in [-0.25, -0.2) is 0 Å². The second-order valence-corrected chi connectivity index (χ2v) is 10.1. The minimum Gasteiger partial charge on any atom is -0.454 e. The first-order valence-electron chi connectivity index (χ1n) is 12.4. The minimum atomic E-state index is -0.558. The molecule has 1 aromatic carbocycles. The van der Waals surface area contributed by atoms with Crippen molar-refractivity contribution in [2.24, 2.45) is 5.73 Å². The Morgan fingerprint density at radius 1 is 1.11 bits per heavy atom. The molecule has 0 radical (unpaired) electrons. The Balaban J connectivity index is 1.21. The molecular formula is C24H32N5O5S+. The van der Waals surface area contributed by atoms with Crippen LogP contribution in [0.25, 0.3) is 10.9 Å². The van der Waals surface area contributed by atoms with Crippen LogP contribution in [-0.4, -0.2) is 64.8 Å². The van der Waals surface area contributed by atoms with Crippen LogP contribution in [0.15, 0.2) is 16.9 Å². The zero-order chi connectivity index (χ0) is 24.6. The van der Waals surface area contributed by atoms with E-state index < -0.39 is 5.54 Å². The number of primary amides is 1. The van der Waals surface area contributed by atoms with Crippen LogP contribution in [-0.2, 0) is 16.1 Å². The van der Waals surface area contributed by atoms with E-state index in [0.29, 0.717) is 72.5 Å². The highest BCUT2D eigenvalue weighted by Crippen LogP contribution is 2.34. The second-order valence-electron chi connectivity index (χ2n) is 9.73. The molecule has 4 heterocycles. The van der Waals surface area contributed by atoms with Gasteiger partial charge in [-0.2, -0.15) is 0 Å². The van der Waals surface area contributed by atoms with E-state index >= 15 is 0 Å². The third-order valence-electron chi connectivity index (χ3n) is 7.82. The van der Waals surface area contributed by atoms with Crippen LogP contribution < -0.4 is 25.7 Å². The normalized spacial score (nSPS) is 19.7. The van der Waals surface area contributed by atoms with Crippen molar-refractivity contribution in [1.29, 1.82) is 0 Å². The maximum atomic E-state index is 13.1. The summed E-state index contributed by atoms with van der Waals surface area (Å²) in [6.07, 6.45) is 5.45. The Hall–Kier alpha value is -2.92. The summed E-state index contributed by atoms with van der Waals surface area (Å²) in [4.78, 5) is 44.6. The Bertz CT molecular complexity index is 1260. The molecular weight excluding hydrogens is 470 g/mol. The lowest BCUT2D eigenvalue weighted by Gasteiger charge is -2.45. The third kappa shape index (κ3) is 4.42. The first-order chi connectivity index (χ1) is 16.9. The summed E-state index contributed by atoms with van der Waals surface area (Å²) in [5.41, 5.74) is 5.69. The van der Waals surface area contributed by atoms with Crippen LogP contribution in [0, 0.1) is 4.77 Å². The van der Waals surface area contributed by atoms with Gasteiger partial charge in [0.1, 0.15) is 0 Å². The molecule has 0 unspecified atom stereocenters. The number of hydrogen-bond donors (Lipinski definition) is 3. The average Bonchev–Trinajstić information content (AvgIpc) is 3.33. The molecule has 0 saturated carbocycles. The molecule has 2 aromatic rings. The molecule has 10 nitrogen and oxygen atoms in total. The topological polar surface area (TPSA) is 124 Å². The highest BCUT2D eigenvalue weighted by molar-refractivity contribution is 7.71. The molecule has 4 N–H and O–H groups in total. The van der Waals surface area contributed by atoms with Gasteiger partial charge in [-0.1, -0.05) is 0 Å². The van der Waals surface area contributed by atoms with Gasteiger partial charge in [0.2, 0.25) is 12.7 Å². The molecule has 35 heavy (non-hydrogen) atoms. The molecule has 3 aliphatic rings. The first-order valence-corrected chi connectivity index (χ1v) is 12.8. The highest BCUT2D eigenvalue weighted by Gasteiger charge is 2.49. The fourth-order valence-corrected chi connectivity index (χ4v) is 6.05. The Labute approximate surface area is 208 Å². The zero-order valence-corrected chi connectivity index (χ0v) is 20.6. The van der Waals surface area contributed by atoms with E-state index in [9.17, 15) is 14.4 Å². The zero-order valence-electron chi connectivity index (χ0n) is 19.8. The second kappa shape index (κ2) is 9.62. The summed E-state index contributed by atoms with van der Waals surface area (Å²) in [5.74, 6) is 0.901. The SMILES string of the molecule is NC(=O)C1([NH+]2CCCCC2)CCN(C(=O)CCCn2c(=S)[nH]c3cc4c(cc3c2=O)OCO4)CC1. The lowest BCUT2D eigenvalue weighted by Crippen LogP contribution is -3.22. The smallest absolute Gasteiger partial charge is 0.278 e. The number of carbonyl (C=O) groups is 2. The number of quaternary nitrogens is 1. The van der Waals surface area contributed by atoms with Crippen molar-refractivity contribution >= 4 is 34.9 Å². The number of likely N-dealkylation sites (tertiary alicyclic amines) is 2. The van der Waals surface area contributed by atoms with E-state index in [0.717, 1.165) is 25.9 Å². The molecule has 0 bridgehead atoms. The lowest BCUT2D eigenvalue weighted by molar-refractivity contribution is -0.948. The Morgan fingerprint density at radius 3 is 2.49 bits per heavy atom. The van der Waals surface area contributed by atoms with Crippen molar-refractivity contribution in [1.82, 2.24) is 14.5 Å². The molecule has 0 spiro atoms. The fourth-order valence-electron chi connectivity index (χ4n) is 5.76. The molecule has 3 aliphatic heterocycles. The lowest BCUT2D eigenvalue weighted by atomic mass is 9.83. The van der Waals surface area contributed by atoms with Gasteiger partial charge >= 0.3 is 0 Å². The van der Waals surface area contributed by atoms with Crippen molar-refractivity contribution in [2.45, 2.75) is 57.0 Å². The van der Waals surface area contributed by atoms with Crippen molar-refractivity contribution in [3.8, 4) is 11.5 Å². The summed E-state index contributed by atoms with van der Waals surface area (Å²) in [6.45, 7) is 3.48. The van der Waals surface area contributed by atoms with Gasteiger partial charge in [0.15, 0.2) is 21.8 Å². The maximum absolute atomic E-state index is 13.1. The van der Waals surface area contributed by atoms with Crippen molar-refractivity contribution in [2.75, 3.05) is 33.0 Å². The number of benzene rings is 1. The molecule has 0 atom stereocenters. The summed E-state index contributed by atoms with van der Waals surface area (Å²) in [5, 5.41) is 0.466. The van der Waals surface area contributed by atoms with Gasteiger partial charge in [-0.05, 0) is 44.0 Å². The van der Waals surface area contributed by atoms with Crippen LogP contribution in [0.1, 0.15) is 44.9 Å². The number of carbonyl (C=O) groups excluding carboxylic acids is 2. The maximum Gasteiger partial charge on any atom is 0.278 e. The van der Waals surface area contributed by atoms with E-state index in [1.54, 1.807) is 12.1 Å². The summed E-state index contributed by atoms with van der Waals surface area (Å²) in [6, 6.07) is 3.38. The van der Waals surface area contributed by atoms with Crippen LogP contribution in [0.4, 0.5) is 0 Å². The number of ether oxygens (including phenoxy) is 2. The number of hydrogen-bond acceptors (Lipinski definition) is 6. The van der Waals surface area contributed by atoms with Crippen molar-refractivity contribution in [3.63, 3.8) is 0 Å². The van der Waals surface area contributed by atoms with Gasteiger partial charge in [-0.3, -0.25) is 19.0 Å². The van der Waals surface area contributed by atoms with Crippen molar-refractivity contribution < 1.29 is 24.0 Å². The Kier molecular flexibility index (Phi) is 6.54.